The maximum atomic E-state index is 13.9. The van der Waals surface area contributed by atoms with Crippen LogP contribution < -0.4 is 13.8 Å². The van der Waals surface area contributed by atoms with Crippen molar-refractivity contribution in [1.29, 1.82) is 0 Å². The fraction of sp³-hybridized carbons (Fsp3) is 0.333. The van der Waals surface area contributed by atoms with Crippen molar-refractivity contribution in [3.05, 3.63) is 72.2 Å². The summed E-state index contributed by atoms with van der Waals surface area (Å²) in [6, 6.07) is 14.3. The van der Waals surface area contributed by atoms with Gasteiger partial charge in [0.1, 0.15) is 0 Å². The number of likely N-dealkylation sites (tertiary alicyclic amines) is 1. The van der Waals surface area contributed by atoms with Gasteiger partial charge in [-0.2, -0.15) is 0 Å². The third-order valence-corrected chi connectivity index (χ3v) is 8.16. The van der Waals surface area contributed by atoms with Crippen molar-refractivity contribution in [3.8, 4) is 11.5 Å². The Labute approximate surface area is 188 Å². The molecule has 1 fully saturated rings. The summed E-state index contributed by atoms with van der Waals surface area (Å²) in [5.41, 5.74) is 2.46. The molecule has 1 aromatic heterocycles. The van der Waals surface area contributed by atoms with Crippen LogP contribution in [0.1, 0.15) is 24.0 Å². The smallest absolute Gasteiger partial charge is 0.264 e. The summed E-state index contributed by atoms with van der Waals surface area (Å²) >= 11 is 0. The SMILES string of the molecule is Cc1ccccc1S(=O)(=O)N(c1ccc2c(c1)OCO2)C1CCN(Cc2ccoc2)CC1. The molecule has 2 aromatic carbocycles. The summed E-state index contributed by atoms with van der Waals surface area (Å²) in [6.45, 7) is 4.39. The standard InChI is InChI=1S/C24H26N2O5S/c1-18-4-2-3-5-24(18)32(27,28)26(21-6-7-22-23(14-21)31-17-30-22)20-8-11-25(12-9-20)15-19-10-13-29-16-19/h2-7,10,13-14,16,20H,8-9,11-12,15,17H2,1H3. The molecule has 1 saturated heterocycles. The summed E-state index contributed by atoms with van der Waals surface area (Å²) in [5.74, 6) is 1.21. The van der Waals surface area contributed by atoms with Crippen LogP contribution in [0.25, 0.3) is 0 Å². The Hall–Kier alpha value is -2.97. The number of benzene rings is 2. The lowest BCUT2D eigenvalue weighted by Crippen LogP contribution is -2.47. The van der Waals surface area contributed by atoms with Gasteiger partial charge in [-0.15, -0.1) is 0 Å². The van der Waals surface area contributed by atoms with Crippen LogP contribution in [0.2, 0.25) is 0 Å². The zero-order chi connectivity index (χ0) is 22.1. The predicted octanol–water partition coefficient (Wildman–Crippen LogP) is 4.18. The van der Waals surface area contributed by atoms with Crippen molar-refractivity contribution >= 4 is 15.7 Å². The molecule has 2 aliphatic heterocycles. The van der Waals surface area contributed by atoms with Crippen molar-refractivity contribution in [2.75, 3.05) is 24.2 Å². The molecule has 0 bridgehead atoms. The minimum Gasteiger partial charge on any atom is -0.472 e. The van der Waals surface area contributed by atoms with E-state index in [-0.39, 0.29) is 12.8 Å². The fourth-order valence-electron chi connectivity index (χ4n) is 4.47. The number of hydrogen-bond donors (Lipinski definition) is 0. The molecule has 0 amide bonds. The molecule has 3 aromatic rings. The molecule has 0 atom stereocenters. The van der Waals surface area contributed by atoms with E-state index in [0.717, 1.165) is 43.6 Å². The van der Waals surface area contributed by atoms with Gasteiger partial charge >= 0.3 is 0 Å². The first-order chi connectivity index (χ1) is 15.5. The van der Waals surface area contributed by atoms with Crippen molar-refractivity contribution in [3.63, 3.8) is 0 Å². The first-order valence-electron chi connectivity index (χ1n) is 10.8. The van der Waals surface area contributed by atoms with Gasteiger partial charge in [-0.25, -0.2) is 8.42 Å². The Morgan fingerprint density at radius 1 is 1.03 bits per heavy atom. The van der Waals surface area contributed by atoms with Gasteiger partial charge in [0.05, 0.1) is 23.1 Å². The third kappa shape index (κ3) is 3.96. The molecule has 0 aliphatic carbocycles. The van der Waals surface area contributed by atoms with Crippen molar-refractivity contribution in [2.24, 2.45) is 0 Å². The molecule has 32 heavy (non-hydrogen) atoms. The van der Waals surface area contributed by atoms with Crippen LogP contribution in [0.15, 0.2) is 70.4 Å². The van der Waals surface area contributed by atoms with Gasteiger partial charge in [0.25, 0.3) is 10.0 Å². The van der Waals surface area contributed by atoms with Crippen molar-refractivity contribution < 1.29 is 22.3 Å². The normalized spacial score (nSPS) is 16.9. The molecule has 2 aliphatic rings. The summed E-state index contributed by atoms with van der Waals surface area (Å²) in [4.78, 5) is 2.66. The quantitative estimate of drug-likeness (QED) is 0.557. The van der Waals surface area contributed by atoms with Gasteiger partial charge in [-0.1, -0.05) is 18.2 Å². The van der Waals surface area contributed by atoms with E-state index < -0.39 is 10.0 Å². The van der Waals surface area contributed by atoms with Crippen molar-refractivity contribution in [1.82, 2.24) is 4.90 Å². The highest BCUT2D eigenvalue weighted by atomic mass is 32.2. The van der Waals surface area contributed by atoms with Crippen molar-refractivity contribution in [2.45, 2.75) is 37.2 Å². The van der Waals surface area contributed by atoms with E-state index in [4.69, 9.17) is 13.9 Å². The summed E-state index contributed by atoms with van der Waals surface area (Å²) in [6.07, 6.45) is 4.90. The van der Waals surface area contributed by atoms with E-state index in [1.54, 1.807) is 47.2 Å². The van der Waals surface area contributed by atoms with Crippen LogP contribution in [0.4, 0.5) is 5.69 Å². The van der Waals surface area contributed by atoms with E-state index in [1.165, 1.54) is 0 Å². The van der Waals surface area contributed by atoms with E-state index >= 15 is 0 Å². The largest absolute Gasteiger partial charge is 0.472 e. The summed E-state index contributed by atoms with van der Waals surface area (Å²) in [5, 5.41) is 0. The number of nitrogens with zero attached hydrogens (tertiary/aromatic N) is 2. The Morgan fingerprint density at radius 2 is 1.81 bits per heavy atom. The molecule has 5 rings (SSSR count). The molecule has 8 heteroatoms. The molecule has 0 N–H and O–H groups in total. The van der Waals surface area contributed by atoms with Crippen LogP contribution in [0, 0.1) is 6.92 Å². The Kier molecular flexibility index (Phi) is 5.57. The molecule has 7 nitrogen and oxygen atoms in total. The number of sulfonamides is 1. The molecular weight excluding hydrogens is 428 g/mol. The zero-order valence-electron chi connectivity index (χ0n) is 17.9. The second kappa shape index (κ2) is 8.52. The summed E-state index contributed by atoms with van der Waals surface area (Å²) in [7, 11) is -3.77. The number of hydrogen-bond acceptors (Lipinski definition) is 6. The number of aryl methyl sites for hydroxylation is 1. The number of fused-ring (bicyclic) bond motifs is 1. The fourth-order valence-corrected chi connectivity index (χ4v) is 6.40. The van der Waals surface area contributed by atoms with Crippen LogP contribution in [0.5, 0.6) is 11.5 Å². The number of rotatable bonds is 6. The van der Waals surface area contributed by atoms with Gasteiger partial charge in [-0.05, 0) is 49.6 Å². The Morgan fingerprint density at radius 3 is 2.56 bits per heavy atom. The highest BCUT2D eigenvalue weighted by molar-refractivity contribution is 7.93. The average Bonchev–Trinajstić information content (AvgIpc) is 3.47. The second-order valence-electron chi connectivity index (χ2n) is 8.24. The van der Waals surface area contributed by atoms with E-state index in [0.29, 0.717) is 22.1 Å². The maximum absolute atomic E-state index is 13.9. The van der Waals surface area contributed by atoms with E-state index in [1.807, 2.05) is 25.1 Å². The highest BCUT2D eigenvalue weighted by Gasteiger charge is 2.35. The van der Waals surface area contributed by atoms with Gasteiger partial charge in [0.2, 0.25) is 6.79 Å². The number of ether oxygens (including phenoxy) is 2. The molecular formula is C24H26N2O5S. The molecule has 0 spiro atoms. The average molecular weight is 455 g/mol. The Balaban J connectivity index is 1.46. The zero-order valence-corrected chi connectivity index (χ0v) is 18.8. The van der Waals surface area contributed by atoms with Crippen LogP contribution in [-0.2, 0) is 16.6 Å². The maximum Gasteiger partial charge on any atom is 0.264 e. The molecule has 3 heterocycles. The van der Waals surface area contributed by atoms with Crippen LogP contribution >= 0.6 is 0 Å². The predicted molar refractivity (Wildman–Crippen MR) is 120 cm³/mol. The number of anilines is 1. The number of piperidine rings is 1. The first kappa shape index (κ1) is 20.9. The summed E-state index contributed by atoms with van der Waals surface area (Å²) < 4.78 is 45.6. The van der Waals surface area contributed by atoms with Crippen LogP contribution in [-0.4, -0.2) is 39.2 Å². The lowest BCUT2D eigenvalue weighted by atomic mass is 10.0. The first-order valence-corrected chi connectivity index (χ1v) is 12.2. The molecule has 168 valence electrons. The minimum absolute atomic E-state index is 0.149. The van der Waals surface area contributed by atoms with Gasteiger partial charge < -0.3 is 13.9 Å². The third-order valence-electron chi connectivity index (χ3n) is 6.12. The lowest BCUT2D eigenvalue weighted by Gasteiger charge is -2.39. The van der Waals surface area contributed by atoms with Gasteiger partial charge in [0.15, 0.2) is 11.5 Å². The molecule has 0 saturated carbocycles. The highest BCUT2D eigenvalue weighted by Crippen LogP contribution is 2.39. The molecule has 0 radical (unpaired) electrons. The van der Waals surface area contributed by atoms with E-state index in [9.17, 15) is 8.42 Å². The Bertz CT molecular complexity index is 1180. The number of furan rings is 1. The minimum atomic E-state index is -3.77. The van der Waals surface area contributed by atoms with Gasteiger partial charge in [0, 0.05) is 37.3 Å². The van der Waals surface area contributed by atoms with Gasteiger partial charge in [-0.3, -0.25) is 9.21 Å². The van der Waals surface area contributed by atoms with Crippen LogP contribution in [0.3, 0.4) is 0 Å². The lowest BCUT2D eigenvalue weighted by molar-refractivity contribution is 0.174. The topological polar surface area (TPSA) is 72.2 Å². The molecule has 0 unspecified atom stereocenters. The monoisotopic (exact) mass is 454 g/mol. The second-order valence-corrected chi connectivity index (χ2v) is 10.0. The van der Waals surface area contributed by atoms with E-state index in [2.05, 4.69) is 4.90 Å².